The fourth-order valence-electron chi connectivity index (χ4n) is 2.33. The molecule has 0 atom stereocenters. The number of nitrogens with one attached hydrogen (secondary N) is 1. The van der Waals surface area contributed by atoms with Gasteiger partial charge in [-0.15, -0.1) is 0 Å². The minimum absolute atomic E-state index is 0.603. The van der Waals surface area contributed by atoms with Crippen molar-refractivity contribution >= 4 is 17.5 Å². The minimum Gasteiger partial charge on any atom is -0.355 e. The van der Waals surface area contributed by atoms with Gasteiger partial charge in [-0.05, 0) is 30.7 Å². The number of hydrogen-bond donors (Lipinski definition) is 1. The van der Waals surface area contributed by atoms with Gasteiger partial charge in [-0.1, -0.05) is 48.0 Å². The molecular formula is C19H20N4. The number of benzene rings is 2. The summed E-state index contributed by atoms with van der Waals surface area (Å²) in [5.41, 5.74) is 3.47. The summed E-state index contributed by atoms with van der Waals surface area (Å²) >= 11 is 0. The van der Waals surface area contributed by atoms with E-state index >= 15 is 0 Å². The molecule has 0 amide bonds. The molecule has 0 aliphatic heterocycles. The van der Waals surface area contributed by atoms with Crippen molar-refractivity contribution in [3.05, 3.63) is 78.0 Å². The summed E-state index contributed by atoms with van der Waals surface area (Å²) in [7, 11) is 2.03. The van der Waals surface area contributed by atoms with Crippen LogP contribution in [0.1, 0.15) is 11.1 Å². The van der Waals surface area contributed by atoms with E-state index in [4.69, 9.17) is 0 Å². The molecule has 23 heavy (non-hydrogen) atoms. The highest BCUT2D eigenvalue weighted by Crippen LogP contribution is 2.17. The van der Waals surface area contributed by atoms with Crippen LogP contribution in [-0.4, -0.2) is 17.0 Å². The van der Waals surface area contributed by atoms with Crippen molar-refractivity contribution in [2.45, 2.75) is 13.5 Å². The minimum atomic E-state index is 0.603. The van der Waals surface area contributed by atoms with E-state index in [1.54, 1.807) is 6.20 Å². The maximum Gasteiger partial charge on any atom is 0.229 e. The van der Waals surface area contributed by atoms with Crippen molar-refractivity contribution in [2.75, 3.05) is 17.3 Å². The summed E-state index contributed by atoms with van der Waals surface area (Å²) in [5.74, 6) is 1.49. The van der Waals surface area contributed by atoms with Crippen LogP contribution in [0.25, 0.3) is 0 Å². The molecule has 1 heterocycles. The van der Waals surface area contributed by atoms with Gasteiger partial charge >= 0.3 is 0 Å². The third-order valence-corrected chi connectivity index (χ3v) is 3.60. The summed E-state index contributed by atoms with van der Waals surface area (Å²) in [5, 5.41) is 3.24. The third kappa shape index (κ3) is 4.07. The average molecular weight is 304 g/mol. The van der Waals surface area contributed by atoms with Crippen LogP contribution in [0.5, 0.6) is 0 Å². The van der Waals surface area contributed by atoms with E-state index < -0.39 is 0 Å². The summed E-state index contributed by atoms with van der Waals surface area (Å²) in [6.07, 6.45) is 1.78. The van der Waals surface area contributed by atoms with Gasteiger partial charge in [0.1, 0.15) is 5.82 Å². The molecule has 0 aliphatic carbocycles. The third-order valence-electron chi connectivity index (χ3n) is 3.60. The first-order valence-corrected chi connectivity index (χ1v) is 7.62. The van der Waals surface area contributed by atoms with Gasteiger partial charge in [-0.2, -0.15) is 4.98 Å². The van der Waals surface area contributed by atoms with Gasteiger partial charge in [0.15, 0.2) is 0 Å². The molecule has 0 saturated heterocycles. The second-order valence-corrected chi connectivity index (χ2v) is 5.57. The predicted molar refractivity (Wildman–Crippen MR) is 95.0 cm³/mol. The Labute approximate surface area is 136 Å². The van der Waals surface area contributed by atoms with E-state index in [0.29, 0.717) is 5.95 Å². The Hall–Kier alpha value is -2.88. The summed E-state index contributed by atoms with van der Waals surface area (Å²) in [6, 6.07) is 20.5. The second-order valence-electron chi connectivity index (χ2n) is 5.57. The van der Waals surface area contributed by atoms with Gasteiger partial charge in [0, 0.05) is 25.5 Å². The molecule has 0 radical (unpaired) electrons. The Morgan fingerprint density at radius 3 is 2.43 bits per heavy atom. The van der Waals surface area contributed by atoms with E-state index in [0.717, 1.165) is 18.1 Å². The molecular weight excluding hydrogens is 284 g/mol. The van der Waals surface area contributed by atoms with Crippen LogP contribution in [0, 0.1) is 6.92 Å². The fraction of sp³-hybridized carbons (Fsp3) is 0.158. The Balaban J connectivity index is 1.72. The number of nitrogens with zero attached hydrogens (tertiary/aromatic N) is 3. The van der Waals surface area contributed by atoms with Crippen molar-refractivity contribution in [1.29, 1.82) is 0 Å². The molecule has 4 nitrogen and oxygen atoms in total. The number of aromatic nitrogens is 2. The van der Waals surface area contributed by atoms with Crippen molar-refractivity contribution in [3.8, 4) is 0 Å². The molecule has 3 rings (SSSR count). The lowest BCUT2D eigenvalue weighted by molar-refractivity contribution is 0.893. The first-order chi connectivity index (χ1) is 11.2. The lowest BCUT2D eigenvalue weighted by Crippen LogP contribution is -2.18. The van der Waals surface area contributed by atoms with Gasteiger partial charge in [-0.25, -0.2) is 4.98 Å². The molecule has 0 bridgehead atoms. The van der Waals surface area contributed by atoms with Crippen molar-refractivity contribution in [1.82, 2.24) is 9.97 Å². The summed E-state index contributed by atoms with van der Waals surface area (Å²) in [6.45, 7) is 2.88. The second kappa shape index (κ2) is 6.92. The molecule has 0 unspecified atom stereocenters. The Morgan fingerprint density at radius 1 is 0.957 bits per heavy atom. The van der Waals surface area contributed by atoms with E-state index in [2.05, 4.69) is 51.4 Å². The van der Waals surface area contributed by atoms with Crippen LogP contribution in [0.3, 0.4) is 0 Å². The van der Waals surface area contributed by atoms with Gasteiger partial charge < -0.3 is 10.2 Å². The molecule has 116 valence electrons. The van der Waals surface area contributed by atoms with Gasteiger partial charge in [0.05, 0.1) is 0 Å². The first kappa shape index (κ1) is 15.0. The van der Waals surface area contributed by atoms with Crippen molar-refractivity contribution in [3.63, 3.8) is 0 Å². The number of hydrogen-bond acceptors (Lipinski definition) is 4. The lowest BCUT2D eigenvalue weighted by Gasteiger charge is -2.18. The largest absolute Gasteiger partial charge is 0.355 e. The molecule has 1 N–H and O–H groups in total. The highest BCUT2D eigenvalue weighted by Gasteiger charge is 2.06. The smallest absolute Gasteiger partial charge is 0.229 e. The number of aryl methyl sites for hydroxylation is 1. The molecule has 1 aromatic heterocycles. The maximum atomic E-state index is 4.59. The van der Waals surface area contributed by atoms with Gasteiger partial charge in [-0.3, -0.25) is 0 Å². The predicted octanol–water partition coefficient (Wildman–Crippen LogP) is 4.17. The molecule has 0 spiro atoms. The molecule has 2 aromatic carbocycles. The summed E-state index contributed by atoms with van der Waals surface area (Å²) in [4.78, 5) is 11.0. The van der Waals surface area contributed by atoms with Crippen LogP contribution in [0.15, 0.2) is 66.9 Å². The average Bonchev–Trinajstić information content (AvgIpc) is 2.58. The number of rotatable bonds is 5. The van der Waals surface area contributed by atoms with Crippen LogP contribution < -0.4 is 10.2 Å². The van der Waals surface area contributed by atoms with Crippen molar-refractivity contribution < 1.29 is 0 Å². The zero-order valence-electron chi connectivity index (χ0n) is 13.4. The van der Waals surface area contributed by atoms with Crippen molar-refractivity contribution in [2.24, 2.45) is 0 Å². The monoisotopic (exact) mass is 304 g/mol. The van der Waals surface area contributed by atoms with Crippen LogP contribution in [0.4, 0.5) is 17.5 Å². The molecule has 0 aliphatic rings. The van der Waals surface area contributed by atoms with E-state index in [1.807, 2.05) is 43.4 Å². The topological polar surface area (TPSA) is 41.1 Å². The lowest BCUT2D eigenvalue weighted by atomic mass is 10.2. The SMILES string of the molecule is Cc1ccc(Nc2nccc(N(C)Cc3ccccc3)n2)cc1. The van der Waals surface area contributed by atoms with E-state index in [9.17, 15) is 0 Å². The quantitative estimate of drug-likeness (QED) is 0.768. The van der Waals surface area contributed by atoms with E-state index in [1.165, 1.54) is 11.1 Å². The van der Waals surface area contributed by atoms with E-state index in [-0.39, 0.29) is 0 Å². The highest BCUT2D eigenvalue weighted by molar-refractivity contribution is 5.55. The standard InChI is InChI=1S/C19H20N4/c1-15-8-10-17(11-9-15)21-19-20-13-12-18(22-19)23(2)14-16-6-4-3-5-7-16/h3-13H,14H2,1-2H3,(H,20,21,22). The van der Waals surface area contributed by atoms with Gasteiger partial charge in [0.25, 0.3) is 0 Å². The maximum absolute atomic E-state index is 4.59. The zero-order valence-corrected chi connectivity index (χ0v) is 13.4. The number of anilines is 3. The van der Waals surface area contributed by atoms with Crippen LogP contribution in [0.2, 0.25) is 0 Å². The molecule has 0 saturated carbocycles. The van der Waals surface area contributed by atoms with Gasteiger partial charge in [0.2, 0.25) is 5.95 Å². The molecule has 3 aromatic rings. The highest BCUT2D eigenvalue weighted by atomic mass is 15.2. The Kier molecular flexibility index (Phi) is 4.52. The van der Waals surface area contributed by atoms with Crippen LogP contribution >= 0.6 is 0 Å². The first-order valence-electron chi connectivity index (χ1n) is 7.62. The zero-order chi connectivity index (χ0) is 16.1. The normalized spacial score (nSPS) is 10.3. The summed E-state index contributed by atoms with van der Waals surface area (Å²) < 4.78 is 0. The molecule has 4 heteroatoms. The Morgan fingerprint density at radius 2 is 1.70 bits per heavy atom. The van der Waals surface area contributed by atoms with Crippen LogP contribution in [-0.2, 0) is 6.54 Å². The molecule has 0 fully saturated rings. The fourth-order valence-corrected chi connectivity index (χ4v) is 2.33. The Bertz CT molecular complexity index is 754.